The van der Waals surface area contributed by atoms with E-state index in [-0.39, 0.29) is 0 Å². The zero-order valence-corrected chi connectivity index (χ0v) is 14.5. The largest absolute Gasteiger partial charge is 0.496 e. The van der Waals surface area contributed by atoms with Crippen molar-refractivity contribution in [2.75, 3.05) is 13.7 Å². The summed E-state index contributed by atoms with van der Waals surface area (Å²) in [5.41, 5.74) is 3.90. The molecular weight excluding hydrogens is 300 g/mol. The second-order valence-corrected chi connectivity index (χ2v) is 6.21. The Hall–Kier alpha value is -2.07. The third kappa shape index (κ3) is 3.88. The van der Waals surface area contributed by atoms with Crippen molar-refractivity contribution in [1.29, 1.82) is 0 Å². The highest BCUT2D eigenvalue weighted by Gasteiger charge is 2.22. The molecule has 3 rings (SSSR count). The van der Waals surface area contributed by atoms with Gasteiger partial charge >= 0.3 is 0 Å². The van der Waals surface area contributed by atoms with E-state index in [4.69, 9.17) is 9.47 Å². The molecule has 1 heterocycles. The normalized spacial score (nSPS) is 16.5. The molecule has 0 saturated heterocycles. The predicted molar refractivity (Wildman–Crippen MR) is 95.5 cm³/mol. The minimum atomic E-state index is 0.375. The first-order valence-electron chi connectivity index (χ1n) is 8.78. The van der Waals surface area contributed by atoms with E-state index in [1.165, 1.54) is 23.1 Å². The molecule has 0 saturated carbocycles. The maximum atomic E-state index is 5.53. The number of fused-ring (bicyclic) bond motifs is 1. The number of ether oxygens (including phenoxy) is 2. The number of benzene rings is 1. The summed E-state index contributed by atoms with van der Waals surface area (Å²) in [4.78, 5) is 4.37. The Labute approximate surface area is 144 Å². The molecule has 1 aliphatic rings. The van der Waals surface area contributed by atoms with Gasteiger partial charge in [-0.05, 0) is 48.4 Å². The Morgan fingerprint density at radius 3 is 2.92 bits per heavy atom. The first-order chi connectivity index (χ1) is 11.8. The second-order valence-electron chi connectivity index (χ2n) is 6.21. The summed E-state index contributed by atoms with van der Waals surface area (Å²) in [5.74, 6) is 1.71. The molecule has 1 atom stereocenters. The van der Waals surface area contributed by atoms with E-state index in [2.05, 4.69) is 41.5 Å². The zero-order chi connectivity index (χ0) is 16.8. The number of nitrogens with one attached hydrogen (secondary N) is 1. The van der Waals surface area contributed by atoms with E-state index >= 15 is 0 Å². The maximum absolute atomic E-state index is 5.53. The highest BCUT2D eigenvalue weighted by Crippen LogP contribution is 2.35. The van der Waals surface area contributed by atoms with Crippen LogP contribution < -0.4 is 14.8 Å². The van der Waals surface area contributed by atoms with Crippen LogP contribution in [0, 0.1) is 0 Å². The van der Waals surface area contributed by atoms with Crippen LogP contribution in [-0.4, -0.2) is 18.7 Å². The van der Waals surface area contributed by atoms with Crippen molar-refractivity contribution < 1.29 is 9.47 Å². The van der Waals surface area contributed by atoms with Gasteiger partial charge in [-0.25, -0.2) is 4.98 Å². The zero-order valence-electron chi connectivity index (χ0n) is 14.5. The fourth-order valence-corrected chi connectivity index (χ4v) is 3.27. The first kappa shape index (κ1) is 16.8. The number of rotatable bonds is 7. The molecule has 0 amide bonds. The first-order valence-corrected chi connectivity index (χ1v) is 8.78. The van der Waals surface area contributed by atoms with E-state index in [0.717, 1.165) is 31.6 Å². The summed E-state index contributed by atoms with van der Waals surface area (Å²) in [6, 6.07) is 10.8. The minimum absolute atomic E-state index is 0.375. The van der Waals surface area contributed by atoms with Gasteiger partial charge in [0.15, 0.2) is 0 Å². The lowest BCUT2D eigenvalue weighted by molar-refractivity contribution is 0.305. The van der Waals surface area contributed by atoms with Gasteiger partial charge < -0.3 is 14.8 Å². The van der Waals surface area contributed by atoms with Gasteiger partial charge in [-0.1, -0.05) is 25.1 Å². The van der Waals surface area contributed by atoms with Crippen molar-refractivity contribution in [3.8, 4) is 11.6 Å². The van der Waals surface area contributed by atoms with Gasteiger partial charge in [0.2, 0.25) is 5.88 Å². The number of methoxy groups -OCH3 is 1. The summed E-state index contributed by atoms with van der Waals surface area (Å²) >= 11 is 0. The topological polar surface area (TPSA) is 43.4 Å². The maximum Gasteiger partial charge on any atom is 0.213 e. The van der Waals surface area contributed by atoms with Gasteiger partial charge in [-0.2, -0.15) is 0 Å². The van der Waals surface area contributed by atoms with Gasteiger partial charge in [-0.15, -0.1) is 0 Å². The molecule has 24 heavy (non-hydrogen) atoms. The van der Waals surface area contributed by atoms with Gasteiger partial charge in [0.25, 0.3) is 0 Å². The summed E-state index contributed by atoms with van der Waals surface area (Å²) in [6.07, 6.45) is 6.34. The SMILES string of the molecule is CCCOc1ccc(CNC2CCCc3c(OC)cccc32)cn1. The predicted octanol–water partition coefficient (Wildman–Crippen LogP) is 4.05. The molecule has 1 N–H and O–H groups in total. The van der Waals surface area contributed by atoms with Crippen LogP contribution in [-0.2, 0) is 13.0 Å². The van der Waals surface area contributed by atoms with Crippen LogP contribution in [0.5, 0.6) is 11.6 Å². The molecule has 0 spiro atoms. The third-order valence-corrected chi connectivity index (χ3v) is 4.49. The molecule has 0 bridgehead atoms. The summed E-state index contributed by atoms with van der Waals surface area (Å²) in [7, 11) is 1.75. The fraction of sp³-hybridized carbons (Fsp3) is 0.450. The van der Waals surface area contributed by atoms with Crippen LogP contribution in [0.25, 0.3) is 0 Å². The molecule has 0 fully saturated rings. The number of hydrogen-bond acceptors (Lipinski definition) is 4. The average molecular weight is 326 g/mol. The van der Waals surface area contributed by atoms with Gasteiger partial charge in [0.05, 0.1) is 13.7 Å². The van der Waals surface area contributed by atoms with Gasteiger partial charge in [-0.3, -0.25) is 0 Å². The summed E-state index contributed by atoms with van der Waals surface area (Å²) < 4.78 is 11.0. The highest BCUT2D eigenvalue weighted by atomic mass is 16.5. The average Bonchev–Trinajstić information content (AvgIpc) is 2.65. The molecule has 0 aliphatic heterocycles. The molecular formula is C20H26N2O2. The molecule has 1 aromatic carbocycles. The molecule has 2 aromatic rings. The Balaban J connectivity index is 1.64. The fourth-order valence-electron chi connectivity index (χ4n) is 3.27. The number of aromatic nitrogens is 1. The molecule has 128 valence electrons. The summed E-state index contributed by atoms with van der Waals surface area (Å²) in [5, 5.41) is 3.67. The lowest BCUT2D eigenvalue weighted by Crippen LogP contribution is -2.25. The Morgan fingerprint density at radius 1 is 1.25 bits per heavy atom. The van der Waals surface area contributed by atoms with Crippen molar-refractivity contribution in [2.45, 2.75) is 45.2 Å². The van der Waals surface area contributed by atoms with E-state index < -0.39 is 0 Å². The van der Waals surface area contributed by atoms with Crippen LogP contribution in [0.4, 0.5) is 0 Å². The van der Waals surface area contributed by atoms with Crippen molar-refractivity contribution >= 4 is 0 Å². The molecule has 1 unspecified atom stereocenters. The Morgan fingerprint density at radius 2 is 2.17 bits per heavy atom. The van der Waals surface area contributed by atoms with Crippen molar-refractivity contribution in [3.05, 3.63) is 53.2 Å². The minimum Gasteiger partial charge on any atom is -0.496 e. The standard InChI is InChI=1S/C20H26N2O2/c1-3-12-24-20-11-10-15(14-22-20)13-21-18-8-4-7-17-16(18)6-5-9-19(17)23-2/h5-6,9-11,14,18,21H,3-4,7-8,12-13H2,1-2H3. The van der Waals surface area contributed by atoms with Crippen LogP contribution in [0.15, 0.2) is 36.5 Å². The van der Waals surface area contributed by atoms with Crippen LogP contribution >= 0.6 is 0 Å². The molecule has 4 nitrogen and oxygen atoms in total. The lowest BCUT2D eigenvalue weighted by Gasteiger charge is -2.27. The Kier molecular flexibility index (Phi) is 5.70. The second kappa shape index (κ2) is 8.15. The van der Waals surface area contributed by atoms with Crippen LogP contribution in [0.1, 0.15) is 48.9 Å². The quantitative estimate of drug-likeness (QED) is 0.834. The number of nitrogens with zero attached hydrogens (tertiary/aromatic N) is 1. The molecule has 1 aromatic heterocycles. The number of hydrogen-bond donors (Lipinski definition) is 1. The van der Waals surface area contributed by atoms with Crippen LogP contribution in [0.3, 0.4) is 0 Å². The van der Waals surface area contributed by atoms with E-state index in [1.54, 1.807) is 7.11 Å². The molecule has 4 heteroatoms. The van der Waals surface area contributed by atoms with E-state index in [1.807, 2.05) is 12.3 Å². The highest BCUT2D eigenvalue weighted by molar-refractivity contribution is 5.43. The van der Waals surface area contributed by atoms with Crippen molar-refractivity contribution in [1.82, 2.24) is 10.3 Å². The van der Waals surface area contributed by atoms with Crippen molar-refractivity contribution in [3.63, 3.8) is 0 Å². The molecule has 1 aliphatic carbocycles. The van der Waals surface area contributed by atoms with Gasteiger partial charge in [0, 0.05) is 24.8 Å². The van der Waals surface area contributed by atoms with Crippen LogP contribution in [0.2, 0.25) is 0 Å². The lowest BCUT2D eigenvalue weighted by atomic mass is 9.87. The van der Waals surface area contributed by atoms with Gasteiger partial charge in [0.1, 0.15) is 5.75 Å². The Bertz CT molecular complexity index is 655. The third-order valence-electron chi connectivity index (χ3n) is 4.49. The number of pyridine rings is 1. The van der Waals surface area contributed by atoms with E-state index in [0.29, 0.717) is 18.5 Å². The summed E-state index contributed by atoms with van der Waals surface area (Å²) in [6.45, 7) is 3.61. The van der Waals surface area contributed by atoms with E-state index in [9.17, 15) is 0 Å². The monoisotopic (exact) mass is 326 g/mol. The van der Waals surface area contributed by atoms with Crippen molar-refractivity contribution in [2.24, 2.45) is 0 Å². The smallest absolute Gasteiger partial charge is 0.213 e. The molecule has 0 radical (unpaired) electrons.